The van der Waals surface area contributed by atoms with Crippen molar-refractivity contribution in [2.24, 2.45) is 0 Å². The standard InChI is InChI=1S/C17H20N4O/c1(5-11-21-12-7-10-20-21)2-6-13-22-17-15-8-3-4-9-16(15)18-14-19-17/h3-4,7-10,12,14H,1-2,5-6,11,13H2. The van der Waals surface area contributed by atoms with Crippen LogP contribution in [0.3, 0.4) is 0 Å². The van der Waals surface area contributed by atoms with Gasteiger partial charge in [0.1, 0.15) is 6.33 Å². The minimum absolute atomic E-state index is 0.683. The van der Waals surface area contributed by atoms with Gasteiger partial charge in [-0.1, -0.05) is 18.6 Å². The van der Waals surface area contributed by atoms with Gasteiger partial charge in [-0.15, -0.1) is 0 Å². The second-order valence-corrected chi connectivity index (χ2v) is 5.23. The lowest BCUT2D eigenvalue weighted by molar-refractivity contribution is 0.296. The van der Waals surface area contributed by atoms with E-state index in [2.05, 4.69) is 15.1 Å². The van der Waals surface area contributed by atoms with E-state index in [1.807, 2.05) is 47.4 Å². The lowest BCUT2D eigenvalue weighted by Gasteiger charge is -2.07. The van der Waals surface area contributed by atoms with Crippen LogP contribution in [0.4, 0.5) is 0 Å². The average Bonchev–Trinajstić information content (AvgIpc) is 3.07. The molecule has 0 unspecified atom stereocenters. The number of para-hydroxylation sites is 1. The highest BCUT2D eigenvalue weighted by molar-refractivity contribution is 5.82. The summed E-state index contributed by atoms with van der Waals surface area (Å²) in [6, 6.07) is 9.88. The van der Waals surface area contributed by atoms with Gasteiger partial charge in [0.15, 0.2) is 0 Å². The lowest BCUT2D eigenvalue weighted by atomic mass is 10.2. The average molecular weight is 296 g/mol. The summed E-state index contributed by atoms with van der Waals surface area (Å²) in [4.78, 5) is 8.47. The van der Waals surface area contributed by atoms with Crippen LogP contribution in [0.1, 0.15) is 25.7 Å². The van der Waals surface area contributed by atoms with E-state index in [0.717, 1.165) is 36.7 Å². The fraction of sp³-hybridized carbons (Fsp3) is 0.353. The molecule has 0 aliphatic carbocycles. The van der Waals surface area contributed by atoms with Crippen LogP contribution < -0.4 is 4.74 Å². The highest BCUT2D eigenvalue weighted by atomic mass is 16.5. The molecule has 2 aromatic heterocycles. The molecule has 3 aromatic rings. The normalized spacial score (nSPS) is 10.9. The predicted molar refractivity (Wildman–Crippen MR) is 85.7 cm³/mol. The highest BCUT2D eigenvalue weighted by Crippen LogP contribution is 2.20. The monoisotopic (exact) mass is 296 g/mol. The molecule has 5 nitrogen and oxygen atoms in total. The fourth-order valence-electron chi connectivity index (χ4n) is 2.43. The van der Waals surface area contributed by atoms with Crippen LogP contribution in [-0.4, -0.2) is 26.4 Å². The molecule has 3 rings (SSSR count). The van der Waals surface area contributed by atoms with E-state index in [4.69, 9.17) is 4.74 Å². The maximum atomic E-state index is 5.80. The summed E-state index contributed by atoms with van der Waals surface area (Å²) < 4.78 is 7.78. The Morgan fingerprint density at radius 1 is 0.955 bits per heavy atom. The second kappa shape index (κ2) is 7.54. The SMILES string of the molecule is c1ccc2c(OCCCCCCn3cccn3)ncnc2c1. The van der Waals surface area contributed by atoms with E-state index in [0.29, 0.717) is 12.5 Å². The van der Waals surface area contributed by atoms with Crippen LogP contribution in [0.15, 0.2) is 49.1 Å². The van der Waals surface area contributed by atoms with Crippen molar-refractivity contribution in [1.29, 1.82) is 0 Å². The number of aryl methyl sites for hydroxylation is 1. The molecule has 114 valence electrons. The van der Waals surface area contributed by atoms with Gasteiger partial charge in [-0.2, -0.15) is 5.10 Å². The topological polar surface area (TPSA) is 52.8 Å². The molecule has 0 saturated heterocycles. The Bertz CT molecular complexity index is 691. The molecule has 0 fully saturated rings. The second-order valence-electron chi connectivity index (χ2n) is 5.23. The fourth-order valence-corrected chi connectivity index (χ4v) is 2.43. The smallest absolute Gasteiger partial charge is 0.224 e. The Kier molecular flexibility index (Phi) is 4.97. The van der Waals surface area contributed by atoms with Gasteiger partial charge in [0.05, 0.1) is 17.5 Å². The molecule has 5 heteroatoms. The van der Waals surface area contributed by atoms with Crippen LogP contribution in [0.25, 0.3) is 10.9 Å². The molecule has 0 saturated carbocycles. The molecular weight excluding hydrogens is 276 g/mol. The van der Waals surface area contributed by atoms with Gasteiger partial charge in [-0.3, -0.25) is 4.68 Å². The van der Waals surface area contributed by atoms with Gasteiger partial charge >= 0.3 is 0 Å². The van der Waals surface area contributed by atoms with Crippen LogP contribution in [0, 0.1) is 0 Å². The quantitative estimate of drug-likeness (QED) is 0.597. The van der Waals surface area contributed by atoms with Crippen molar-refractivity contribution in [2.75, 3.05) is 6.61 Å². The van der Waals surface area contributed by atoms with Gasteiger partial charge in [0.25, 0.3) is 0 Å². The van der Waals surface area contributed by atoms with Crippen molar-refractivity contribution in [3.8, 4) is 5.88 Å². The van der Waals surface area contributed by atoms with Crippen molar-refractivity contribution in [1.82, 2.24) is 19.7 Å². The third-order valence-electron chi connectivity index (χ3n) is 3.59. The largest absolute Gasteiger partial charge is 0.477 e. The summed E-state index contributed by atoms with van der Waals surface area (Å²) in [5.41, 5.74) is 0.923. The van der Waals surface area contributed by atoms with E-state index in [-0.39, 0.29) is 0 Å². The Morgan fingerprint density at radius 2 is 1.86 bits per heavy atom. The summed E-state index contributed by atoms with van der Waals surface area (Å²) in [5.74, 6) is 0.683. The summed E-state index contributed by atoms with van der Waals surface area (Å²) >= 11 is 0. The zero-order valence-corrected chi connectivity index (χ0v) is 12.6. The van der Waals surface area contributed by atoms with E-state index in [1.165, 1.54) is 6.42 Å². The highest BCUT2D eigenvalue weighted by Gasteiger charge is 2.03. The van der Waals surface area contributed by atoms with Crippen molar-refractivity contribution in [3.63, 3.8) is 0 Å². The van der Waals surface area contributed by atoms with Crippen molar-refractivity contribution in [2.45, 2.75) is 32.2 Å². The Morgan fingerprint density at radius 3 is 2.77 bits per heavy atom. The molecule has 0 N–H and O–H groups in total. The third kappa shape index (κ3) is 3.81. The van der Waals surface area contributed by atoms with Crippen LogP contribution in [-0.2, 0) is 6.54 Å². The third-order valence-corrected chi connectivity index (χ3v) is 3.59. The first-order valence-electron chi connectivity index (χ1n) is 7.73. The van der Waals surface area contributed by atoms with Gasteiger partial charge in [0.2, 0.25) is 5.88 Å². The van der Waals surface area contributed by atoms with E-state index >= 15 is 0 Å². The molecule has 0 radical (unpaired) electrons. The Labute approximate surface area is 130 Å². The lowest BCUT2D eigenvalue weighted by Crippen LogP contribution is -2.01. The zero-order valence-electron chi connectivity index (χ0n) is 12.6. The summed E-state index contributed by atoms with van der Waals surface area (Å²) in [6.45, 7) is 1.69. The molecule has 0 bridgehead atoms. The number of hydrogen-bond donors (Lipinski definition) is 0. The maximum absolute atomic E-state index is 5.80. The van der Waals surface area contributed by atoms with Gasteiger partial charge in [0, 0.05) is 18.9 Å². The molecule has 0 aliphatic heterocycles. The first-order valence-corrected chi connectivity index (χ1v) is 7.73. The molecule has 0 atom stereocenters. The van der Waals surface area contributed by atoms with Gasteiger partial charge in [-0.05, 0) is 37.5 Å². The van der Waals surface area contributed by atoms with Crippen LogP contribution in [0.2, 0.25) is 0 Å². The van der Waals surface area contributed by atoms with E-state index in [1.54, 1.807) is 6.33 Å². The summed E-state index contributed by atoms with van der Waals surface area (Å²) in [6.07, 6.45) is 9.92. The van der Waals surface area contributed by atoms with E-state index < -0.39 is 0 Å². The van der Waals surface area contributed by atoms with Gasteiger partial charge < -0.3 is 4.74 Å². The minimum atomic E-state index is 0.683. The number of nitrogens with zero attached hydrogens (tertiary/aromatic N) is 4. The number of unbranched alkanes of at least 4 members (excludes halogenated alkanes) is 3. The first-order chi connectivity index (χ1) is 10.9. The van der Waals surface area contributed by atoms with Gasteiger partial charge in [-0.25, -0.2) is 9.97 Å². The molecule has 22 heavy (non-hydrogen) atoms. The zero-order chi connectivity index (χ0) is 15.0. The summed E-state index contributed by atoms with van der Waals surface area (Å²) in [5, 5.41) is 5.17. The molecule has 0 aliphatic rings. The number of aromatic nitrogens is 4. The predicted octanol–water partition coefficient (Wildman–Crippen LogP) is 3.47. The number of benzene rings is 1. The van der Waals surface area contributed by atoms with Crippen molar-refractivity contribution in [3.05, 3.63) is 49.1 Å². The molecule has 2 heterocycles. The molecular formula is C17H20N4O. The van der Waals surface area contributed by atoms with Crippen molar-refractivity contribution < 1.29 is 4.74 Å². The maximum Gasteiger partial charge on any atom is 0.224 e. The molecule has 0 amide bonds. The summed E-state index contributed by atoms with van der Waals surface area (Å²) in [7, 11) is 0. The van der Waals surface area contributed by atoms with E-state index in [9.17, 15) is 0 Å². The number of ether oxygens (including phenoxy) is 1. The molecule has 1 aromatic carbocycles. The number of rotatable bonds is 8. The minimum Gasteiger partial charge on any atom is -0.477 e. The first kappa shape index (κ1) is 14.5. The molecule has 0 spiro atoms. The Balaban J connectivity index is 1.37. The van der Waals surface area contributed by atoms with Crippen LogP contribution in [0.5, 0.6) is 5.88 Å². The Hall–Kier alpha value is -2.43. The number of fused-ring (bicyclic) bond motifs is 1. The van der Waals surface area contributed by atoms with Crippen LogP contribution >= 0.6 is 0 Å². The van der Waals surface area contributed by atoms with Crippen molar-refractivity contribution >= 4 is 10.9 Å². The number of hydrogen-bond acceptors (Lipinski definition) is 4.